The smallest absolute Gasteiger partial charge is 0.126 e. The molecule has 0 aliphatic carbocycles. The van der Waals surface area contributed by atoms with Crippen LogP contribution in [0.2, 0.25) is 0 Å². The van der Waals surface area contributed by atoms with Crippen molar-refractivity contribution in [3.05, 3.63) is 29.7 Å². The first-order chi connectivity index (χ1) is 9.35. The number of rotatable bonds is 4. The number of nitrogens with one attached hydrogen (secondary N) is 1. The molecule has 0 radical (unpaired) electrons. The number of aromatic nitrogens is 1. The van der Waals surface area contributed by atoms with Gasteiger partial charge in [0.25, 0.3) is 0 Å². The van der Waals surface area contributed by atoms with Gasteiger partial charge in [-0.05, 0) is 32.5 Å². The number of hydrogen-bond donors (Lipinski definition) is 1. The van der Waals surface area contributed by atoms with Gasteiger partial charge in [0.05, 0.1) is 12.0 Å². The number of nitrogens with zero attached hydrogens (tertiary/aromatic N) is 2. The van der Waals surface area contributed by atoms with Gasteiger partial charge in [-0.1, -0.05) is 0 Å². The van der Waals surface area contributed by atoms with Crippen LogP contribution in [0.1, 0.15) is 18.5 Å². The van der Waals surface area contributed by atoms with E-state index >= 15 is 0 Å². The summed E-state index contributed by atoms with van der Waals surface area (Å²) in [6, 6.07) is 2.58. The maximum Gasteiger partial charge on any atom is 0.126 e. The van der Waals surface area contributed by atoms with Gasteiger partial charge in [0, 0.05) is 30.1 Å². The lowest BCUT2D eigenvalue weighted by Gasteiger charge is -2.31. The van der Waals surface area contributed by atoms with Crippen LogP contribution in [-0.2, 0) is 6.54 Å². The van der Waals surface area contributed by atoms with Crippen LogP contribution in [0.25, 0.3) is 10.6 Å². The van der Waals surface area contributed by atoms with E-state index < -0.39 is 0 Å². The average Bonchev–Trinajstić information content (AvgIpc) is 3.09. The minimum absolute atomic E-state index is 0. The van der Waals surface area contributed by atoms with Crippen LogP contribution in [-0.4, -0.2) is 36.1 Å². The SMILES string of the molecule is CNC1CCCN(Cc2csc(-c3ccoc3)n2)C1.Cl.Cl. The molecule has 1 unspecified atom stereocenters. The number of hydrogen-bond acceptors (Lipinski definition) is 5. The summed E-state index contributed by atoms with van der Waals surface area (Å²) >= 11 is 1.69. The van der Waals surface area contributed by atoms with Gasteiger partial charge in [0.1, 0.15) is 11.3 Å². The summed E-state index contributed by atoms with van der Waals surface area (Å²) in [5.74, 6) is 0. The topological polar surface area (TPSA) is 41.3 Å². The van der Waals surface area contributed by atoms with Gasteiger partial charge in [0.15, 0.2) is 0 Å². The van der Waals surface area contributed by atoms with Crippen LogP contribution < -0.4 is 5.32 Å². The number of halogens is 2. The molecule has 1 atom stereocenters. The molecule has 0 saturated carbocycles. The molecule has 3 heterocycles. The minimum atomic E-state index is 0. The van der Waals surface area contributed by atoms with Crippen molar-refractivity contribution in [2.75, 3.05) is 20.1 Å². The van der Waals surface area contributed by atoms with E-state index in [1.807, 2.05) is 13.1 Å². The zero-order valence-electron chi connectivity index (χ0n) is 11.9. The van der Waals surface area contributed by atoms with Gasteiger partial charge in [0.2, 0.25) is 0 Å². The maximum atomic E-state index is 5.10. The van der Waals surface area contributed by atoms with Gasteiger partial charge in [-0.3, -0.25) is 4.90 Å². The van der Waals surface area contributed by atoms with Crippen molar-refractivity contribution < 1.29 is 4.42 Å². The van der Waals surface area contributed by atoms with E-state index in [1.54, 1.807) is 23.9 Å². The zero-order valence-corrected chi connectivity index (χ0v) is 14.4. The third-order valence-electron chi connectivity index (χ3n) is 3.62. The third-order valence-corrected chi connectivity index (χ3v) is 4.56. The zero-order chi connectivity index (χ0) is 13.1. The first-order valence-corrected chi connectivity index (χ1v) is 7.59. The van der Waals surface area contributed by atoms with Crippen molar-refractivity contribution in [3.8, 4) is 10.6 Å². The second-order valence-electron chi connectivity index (χ2n) is 5.02. The Hall–Kier alpha value is -0.590. The molecule has 3 rings (SSSR count). The Labute approximate surface area is 141 Å². The summed E-state index contributed by atoms with van der Waals surface area (Å²) in [6.45, 7) is 3.25. The molecule has 21 heavy (non-hydrogen) atoms. The maximum absolute atomic E-state index is 5.10. The van der Waals surface area contributed by atoms with Gasteiger partial charge < -0.3 is 9.73 Å². The lowest BCUT2D eigenvalue weighted by atomic mass is 10.1. The van der Waals surface area contributed by atoms with Crippen LogP contribution in [0.15, 0.2) is 28.4 Å². The highest BCUT2D eigenvalue weighted by Gasteiger charge is 2.19. The number of furan rings is 1. The molecule has 1 N–H and O–H groups in total. The van der Waals surface area contributed by atoms with E-state index in [9.17, 15) is 0 Å². The Kier molecular flexibility index (Phi) is 7.70. The second-order valence-corrected chi connectivity index (χ2v) is 5.88. The van der Waals surface area contributed by atoms with E-state index in [4.69, 9.17) is 9.40 Å². The first kappa shape index (κ1) is 18.5. The largest absolute Gasteiger partial charge is 0.472 e. The monoisotopic (exact) mass is 349 g/mol. The Morgan fingerprint density at radius 3 is 3.05 bits per heavy atom. The summed E-state index contributed by atoms with van der Waals surface area (Å²) in [5.41, 5.74) is 2.24. The van der Waals surface area contributed by atoms with Gasteiger partial charge >= 0.3 is 0 Å². The first-order valence-electron chi connectivity index (χ1n) is 6.72. The molecule has 0 aromatic carbocycles. The van der Waals surface area contributed by atoms with E-state index in [1.165, 1.54) is 19.4 Å². The highest BCUT2D eigenvalue weighted by Crippen LogP contribution is 2.25. The fourth-order valence-corrected chi connectivity index (χ4v) is 3.36. The van der Waals surface area contributed by atoms with Crippen molar-refractivity contribution >= 4 is 36.2 Å². The van der Waals surface area contributed by atoms with Gasteiger partial charge in [-0.2, -0.15) is 0 Å². The lowest BCUT2D eigenvalue weighted by molar-refractivity contribution is 0.186. The van der Waals surface area contributed by atoms with E-state index in [0.29, 0.717) is 6.04 Å². The molecule has 1 fully saturated rings. The number of thiazole rings is 1. The highest BCUT2D eigenvalue weighted by atomic mass is 35.5. The number of likely N-dealkylation sites (N-methyl/N-ethyl adjacent to an activating group) is 1. The summed E-state index contributed by atoms with van der Waals surface area (Å²) in [6.07, 6.45) is 5.99. The van der Waals surface area contributed by atoms with Crippen molar-refractivity contribution in [1.82, 2.24) is 15.2 Å². The Bertz CT molecular complexity index is 518. The normalized spacial score (nSPS) is 18.8. The fraction of sp³-hybridized carbons (Fsp3) is 0.500. The van der Waals surface area contributed by atoms with Crippen molar-refractivity contribution in [2.45, 2.75) is 25.4 Å². The van der Waals surface area contributed by atoms with Crippen LogP contribution >= 0.6 is 36.2 Å². The van der Waals surface area contributed by atoms with Crippen LogP contribution in [0.3, 0.4) is 0 Å². The van der Waals surface area contributed by atoms with Gasteiger partial charge in [-0.15, -0.1) is 36.2 Å². The molecule has 1 aliphatic heterocycles. The molecule has 4 nitrogen and oxygen atoms in total. The molecular weight excluding hydrogens is 329 g/mol. The van der Waals surface area contributed by atoms with Crippen LogP contribution in [0.5, 0.6) is 0 Å². The number of likely N-dealkylation sites (tertiary alicyclic amines) is 1. The van der Waals surface area contributed by atoms with E-state index in [-0.39, 0.29) is 24.8 Å². The molecular formula is C14H21Cl2N3OS. The number of piperidine rings is 1. The molecule has 0 bridgehead atoms. The minimum Gasteiger partial charge on any atom is -0.472 e. The van der Waals surface area contributed by atoms with Crippen molar-refractivity contribution in [3.63, 3.8) is 0 Å². The Morgan fingerprint density at radius 1 is 1.48 bits per heavy atom. The summed E-state index contributed by atoms with van der Waals surface area (Å²) < 4.78 is 5.10. The molecule has 0 amide bonds. The standard InChI is InChI=1S/C14H19N3OS.2ClH/c1-15-12-3-2-5-17(7-12)8-13-10-19-14(16-13)11-4-6-18-9-11;;/h4,6,9-10,12,15H,2-3,5,7-8H2,1H3;2*1H. The molecule has 2 aromatic heterocycles. The molecule has 1 saturated heterocycles. The van der Waals surface area contributed by atoms with E-state index in [2.05, 4.69) is 15.6 Å². The van der Waals surface area contributed by atoms with Gasteiger partial charge in [-0.25, -0.2) is 4.98 Å². The Balaban J connectivity index is 0.00000110. The summed E-state index contributed by atoms with van der Waals surface area (Å²) in [7, 11) is 2.05. The molecule has 2 aromatic rings. The molecule has 0 spiro atoms. The molecule has 118 valence electrons. The molecule has 1 aliphatic rings. The lowest BCUT2D eigenvalue weighted by Crippen LogP contribution is -2.43. The summed E-state index contributed by atoms with van der Waals surface area (Å²) in [5, 5.41) is 6.58. The van der Waals surface area contributed by atoms with Crippen molar-refractivity contribution in [1.29, 1.82) is 0 Å². The highest BCUT2D eigenvalue weighted by molar-refractivity contribution is 7.13. The van der Waals surface area contributed by atoms with Crippen molar-refractivity contribution in [2.24, 2.45) is 0 Å². The second kappa shape index (κ2) is 8.76. The average molecular weight is 350 g/mol. The fourth-order valence-electron chi connectivity index (χ4n) is 2.56. The quantitative estimate of drug-likeness (QED) is 0.917. The van der Waals surface area contributed by atoms with Crippen LogP contribution in [0, 0.1) is 0 Å². The third kappa shape index (κ3) is 4.69. The van der Waals surface area contributed by atoms with E-state index in [0.717, 1.165) is 29.4 Å². The predicted molar refractivity (Wildman–Crippen MR) is 91.7 cm³/mol. The van der Waals surface area contributed by atoms with Crippen LogP contribution in [0.4, 0.5) is 0 Å². The predicted octanol–water partition coefficient (Wildman–Crippen LogP) is 3.43. The Morgan fingerprint density at radius 2 is 2.33 bits per heavy atom. The molecule has 7 heteroatoms. The summed E-state index contributed by atoms with van der Waals surface area (Å²) in [4.78, 5) is 7.18.